The standard InChI is InChI=1S/C21H36N4O.HI/c1-4-22-21(23-13-7-15-26-3)24-16-19-9-11-20(12-10-19)17-25-14-6-5-8-18(25)2;/h9-12,18H,4-8,13-17H2,1-3H3,(H2,22,23,24);1H. The van der Waals surface area contributed by atoms with Gasteiger partial charge in [-0.05, 0) is 50.8 Å². The lowest BCUT2D eigenvalue weighted by Crippen LogP contribution is -2.38. The first-order valence-electron chi connectivity index (χ1n) is 10.1. The van der Waals surface area contributed by atoms with Crippen molar-refractivity contribution in [2.24, 2.45) is 4.99 Å². The first-order chi connectivity index (χ1) is 12.7. The molecule has 0 aliphatic carbocycles. The maximum atomic E-state index is 5.08. The first kappa shape index (κ1) is 24.2. The number of likely N-dealkylation sites (tertiary alicyclic amines) is 1. The van der Waals surface area contributed by atoms with Crippen LogP contribution >= 0.6 is 24.0 Å². The fraction of sp³-hybridized carbons (Fsp3) is 0.667. The van der Waals surface area contributed by atoms with Crippen molar-refractivity contribution in [2.75, 3.05) is 33.4 Å². The van der Waals surface area contributed by atoms with Crippen LogP contribution in [0.1, 0.15) is 50.7 Å². The van der Waals surface area contributed by atoms with Gasteiger partial charge in [-0.2, -0.15) is 0 Å². The number of halogens is 1. The van der Waals surface area contributed by atoms with E-state index >= 15 is 0 Å². The number of ether oxygens (including phenoxy) is 1. The molecule has 0 bridgehead atoms. The van der Waals surface area contributed by atoms with E-state index < -0.39 is 0 Å². The highest BCUT2D eigenvalue weighted by molar-refractivity contribution is 14.0. The number of benzene rings is 1. The summed E-state index contributed by atoms with van der Waals surface area (Å²) in [6, 6.07) is 9.64. The third-order valence-electron chi connectivity index (χ3n) is 4.93. The predicted molar refractivity (Wildman–Crippen MR) is 125 cm³/mol. The van der Waals surface area contributed by atoms with Gasteiger partial charge >= 0.3 is 0 Å². The Kier molecular flexibility index (Phi) is 12.7. The van der Waals surface area contributed by atoms with Gasteiger partial charge in [0.15, 0.2) is 5.96 Å². The number of aliphatic imine (C=N–C) groups is 1. The number of nitrogens with one attached hydrogen (secondary N) is 2. The van der Waals surface area contributed by atoms with Crippen LogP contribution in [0.3, 0.4) is 0 Å². The summed E-state index contributed by atoms with van der Waals surface area (Å²) in [5.41, 5.74) is 2.64. The summed E-state index contributed by atoms with van der Waals surface area (Å²) in [6.07, 6.45) is 5.02. The van der Waals surface area contributed by atoms with Gasteiger partial charge in [0.05, 0.1) is 6.54 Å². The highest BCUT2D eigenvalue weighted by Crippen LogP contribution is 2.19. The summed E-state index contributed by atoms with van der Waals surface area (Å²) in [7, 11) is 1.73. The summed E-state index contributed by atoms with van der Waals surface area (Å²) < 4.78 is 5.08. The molecule has 1 atom stereocenters. The van der Waals surface area contributed by atoms with E-state index in [1.54, 1.807) is 7.11 Å². The molecule has 2 N–H and O–H groups in total. The van der Waals surface area contributed by atoms with Gasteiger partial charge in [0.2, 0.25) is 0 Å². The fourth-order valence-electron chi connectivity index (χ4n) is 3.31. The molecule has 1 fully saturated rings. The topological polar surface area (TPSA) is 48.9 Å². The molecule has 0 amide bonds. The average Bonchev–Trinajstić information content (AvgIpc) is 2.66. The van der Waals surface area contributed by atoms with Crippen molar-refractivity contribution in [1.29, 1.82) is 0 Å². The van der Waals surface area contributed by atoms with Gasteiger partial charge in [0, 0.05) is 39.4 Å². The molecule has 6 heteroatoms. The Morgan fingerprint density at radius 1 is 1.19 bits per heavy atom. The maximum Gasteiger partial charge on any atom is 0.191 e. The Morgan fingerprint density at radius 3 is 2.59 bits per heavy atom. The average molecular weight is 488 g/mol. The predicted octanol–water partition coefficient (Wildman–Crippen LogP) is 3.77. The minimum absolute atomic E-state index is 0. The molecule has 0 aromatic heterocycles. The van der Waals surface area contributed by atoms with Crippen molar-refractivity contribution in [1.82, 2.24) is 15.5 Å². The minimum atomic E-state index is 0. The molecule has 0 spiro atoms. The number of guanidine groups is 1. The Labute approximate surface area is 182 Å². The van der Waals surface area contributed by atoms with Gasteiger partial charge in [0.1, 0.15) is 0 Å². The summed E-state index contributed by atoms with van der Waals surface area (Å²) in [5, 5.41) is 6.64. The van der Waals surface area contributed by atoms with Crippen LogP contribution < -0.4 is 10.6 Å². The lowest BCUT2D eigenvalue weighted by Gasteiger charge is -2.33. The van der Waals surface area contributed by atoms with Gasteiger partial charge in [-0.15, -0.1) is 24.0 Å². The zero-order chi connectivity index (χ0) is 18.6. The number of nitrogens with zero attached hydrogens (tertiary/aromatic N) is 2. The third kappa shape index (κ3) is 9.25. The van der Waals surface area contributed by atoms with E-state index in [9.17, 15) is 0 Å². The van der Waals surface area contributed by atoms with Crippen LogP contribution in [0.4, 0.5) is 0 Å². The lowest BCUT2D eigenvalue weighted by atomic mass is 10.0. The van der Waals surface area contributed by atoms with E-state index in [-0.39, 0.29) is 24.0 Å². The zero-order valence-electron chi connectivity index (χ0n) is 17.2. The van der Waals surface area contributed by atoms with Crippen LogP contribution in [0.25, 0.3) is 0 Å². The van der Waals surface area contributed by atoms with Crippen LogP contribution in [-0.4, -0.2) is 50.3 Å². The largest absolute Gasteiger partial charge is 0.385 e. The van der Waals surface area contributed by atoms with Crippen molar-refractivity contribution in [2.45, 2.75) is 58.7 Å². The van der Waals surface area contributed by atoms with E-state index in [0.717, 1.165) is 38.6 Å². The van der Waals surface area contributed by atoms with Gasteiger partial charge in [-0.25, -0.2) is 4.99 Å². The summed E-state index contributed by atoms with van der Waals surface area (Å²) in [6.45, 7) is 9.93. The van der Waals surface area contributed by atoms with E-state index in [0.29, 0.717) is 12.6 Å². The molecule has 27 heavy (non-hydrogen) atoms. The van der Waals surface area contributed by atoms with Crippen LogP contribution in [0.2, 0.25) is 0 Å². The molecular weight excluding hydrogens is 451 g/mol. The third-order valence-corrected chi connectivity index (χ3v) is 4.93. The normalized spacial score (nSPS) is 18.0. The lowest BCUT2D eigenvalue weighted by molar-refractivity contribution is 0.152. The monoisotopic (exact) mass is 488 g/mol. The molecule has 0 saturated carbocycles. The second kappa shape index (κ2) is 14.2. The molecule has 5 nitrogen and oxygen atoms in total. The van der Waals surface area contributed by atoms with Crippen molar-refractivity contribution >= 4 is 29.9 Å². The quantitative estimate of drug-likeness (QED) is 0.241. The Morgan fingerprint density at radius 2 is 1.93 bits per heavy atom. The molecule has 154 valence electrons. The minimum Gasteiger partial charge on any atom is -0.385 e. The van der Waals surface area contributed by atoms with Crippen molar-refractivity contribution < 1.29 is 4.74 Å². The van der Waals surface area contributed by atoms with Crippen LogP contribution in [0.15, 0.2) is 29.3 Å². The zero-order valence-corrected chi connectivity index (χ0v) is 19.5. The molecule has 1 heterocycles. The second-order valence-corrected chi connectivity index (χ2v) is 7.10. The number of hydrogen-bond donors (Lipinski definition) is 2. The van der Waals surface area contributed by atoms with Crippen LogP contribution in [0, 0.1) is 0 Å². The molecule has 1 aliphatic rings. The maximum absolute atomic E-state index is 5.08. The Balaban J connectivity index is 0.00000364. The highest BCUT2D eigenvalue weighted by Gasteiger charge is 2.17. The molecule has 1 saturated heterocycles. The van der Waals surface area contributed by atoms with E-state index in [1.807, 2.05) is 0 Å². The van der Waals surface area contributed by atoms with Crippen molar-refractivity contribution in [3.05, 3.63) is 35.4 Å². The molecule has 1 aromatic carbocycles. The molecular formula is C21H37IN4O. The smallest absolute Gasteiger partial charge is 0.191 e. The molecule has 2 rings (SSSR count). The van der Waals surface area contributed by atoms with Crippen molar-refractivity contribution in [3.8, 4) is 0 Å². The number of hydrogen-bond acceptors (Lipinski definition) is 3. The Hall–Kier alpha value is -0.860. The number of methoxy groups -OCH3 is 1. The fourth-order valence-corrected chi connectivity index (χ4v) is 3.31. The van der Waals surface area contributed by atoms with Crippen LogP contribution in [-0.2, 0) is 17.8 Å². The summed E-state index contributed by atoms with van der Waals surface area (Å²) in [4.78, 5) is 7.28. The highest BCUT2D eigenvalue weighted by atomic mass is 127. The van der Waals surface area contributed by atoms with E-state index in [4.69, 9.17) is 4.74 Å². The second-order valence-electron chi connectivity index (χ2n) is 7.10. The number of rotatable bonds is 9. The van der Waals surface area contributed by atoms with Gasteiger partial charge in [-0.1, -0.05) is 30.7 Å². The van der Waals surface area contributed by atoms with Crippen LogP contribution in [0.5, 0.6) is 0 Å². The summed E-state index contributed by atoms with van der Waals surface area (Å²) >= 11 is 0. The van der Waals surface area contributed by atoms with E-state index in [2.05, 4.69) is 58.6 Å². The molecule has 1 unspecified atom stereocenters. The molecule has 0 radical (unpaired) electrons. The SMILES string of the molecule is CCNC(=NCc1ccc(CN2CCCCC2C)cc1)NCCCOC.I. The van der Waals surface area contributed by atoms with Gasteiger partial charge in [0.25, 0.3) is 0 Å². The Bertz CT molecular complexity index is 535. The molecule has 1 aliphatic heterocycles. The summed E-state index contributed by atoms with van der Waals surface area (Å²) in [5.74, 6) is 0.870. The van der Waals surface area contributed by atoms with E-state index in [1.165, 1.54) is 36.9 Å². The number of piperidine rings is 1. The molecule has 1 aromatic rings. The van der Waals surface area contributed by atoms with Crippen molar-refractivity contribution in [3.63, 3.8) is 0 Å². The first-order valence-corrected chi connectivity index (χ1v) is 10.1. The van der Waals surface area contributed by atoms with Gasteiger partial charge in [-0.3, -0.25) is 4.90 Å². The van der Waals surface area contributed by atoms with Gasteiger partial charge < -0.3 is 15.4 Å².